The van der Waals surface area contributed by atoms with E-state index in [2.05, 4.69) is 123 Å². The number of aromatic nitrogens is 1. The zero-order valence-corrected chi connectivity index (χ0v) is 22.7. The van der Waals surface area contributed by atoms with Crippen molar-refractivity contribution in [3.8, 4) is 11.3 Å². The Morgan fingerprint density at radius 3 is 2.10 bits per heavy atom. The highest BCUT2D eigenvalue weighted by Gasteiger charge is 2.30. The van der Waals surface area contributed by atoms with Crippen LogP contribution in [-0.4, -0.2) is 8.07 Å². The molecule has 0 aliphatic carbocycles. The molecule has 31 heavy (non-hydrogen) atoms. The first-order valence-electron chi connectivity index (χ1n) is 11.7. The molecule has 0 saturated heterocycles. The van der Waals surface area contributed by atoms with E-state index in [9.17, 15) is 0 Å². The molecule has 3 rings (SSSR count). The number of rotatable bonds is 3. The van der Waals surface area contributed by atoms with Gasteiger partial charge in [0.25, 0.3) is 0 Å². The van der Waals surface area contributed by atoms with Gasteiger partial charge < -0.3 is 0 Å². The van der Waals surface area contributed by atoms with Crippen LogP contribution in [0.25, 0.3) is 22.0 Å². The SMILES string of the molecule is Cc1cc(C(C)(C)C)cc(-c2c3ccc([Si](C)(C)CC(C)(C)C)cc3cc[n+]2C)c1C. The summed E-state index contributed by atoms with van der Waals surface area (Å²) in [5.74, 6) is 0. The number of fused-ring (bicyclic) bond motifs is 1. The van der Waals surface area contributed by atoms with Crippen molar-refractivity contribution in [3.63, 3.8) is 0 Å². The van der Waals surface area contributed by atoms with Gasteiger partial charge in [-0.3, -0.25) is 0 Å². The Morgan fingerprint density at radius 2 is 1.52 bits per heavy atom. The molecular formula is C29H42NSi+. The van der Waals surface area contributed by atoms with E-state index in [0.29, 0.717) is 5.41 Å². The summed E-state index contributed by atoms with van der Waals surface area (Å²) in [6, 6.07) is 15.7. The minimum atomic E-state index is -1.50. The summed E-state index contributed by atoms with van der Waals surface area (Å²) in [6.45, 7) is 23.6. The first-order chi connectivity index (χ1) is 14.1. The third-order valence-corrected chi connectivity index (χ3v) is 10.5. The highest BCUT2D eigenvalue weighted by Crippen LogP contribution is 2.34. The van der Waals surface area contributed by atoms with Crippen molar-refractivity contribution < 1.29 is 4.57 Å². The number of hydrogen-bond acceptors (Lipinski definition) is 0. The molecule has 0 radical (unpaired) electrons. The summed E-state index contributed by atoms with van der Waals surface area (Å²) in [7, 11) is 0.677. The third-order valence-electron chi connectivity index (χ3n) is 6.68. The van der Waals surface area contributed by atoms with Crippen LogP contribution in [-0.2, 0) is 12.5 Å². The molecule has 1 aromatic heterocycles. The maximum absolute atomic E-state index is 2.52. The lowest BCUT2D eigenvalue weighted by Crippen LogP contribution is -2.44. The molecule has 0 fully saturated rings. The van der Waals surface area contributed by atoms with E-state index < -0.39 is 8.07 Å². The highest BCUT2D eigenvalue weighted by molar-refractivity contribution is 6.90. The van der Waals surface area contributed by atoms with E-state index in [-0.39, 0.29) is 5.41 Å². The molecule has 1 heterocycles. The molecule has 1 nitrogen and oxygen atoms in total. The largest absolute Gasteiger partial charge is 0.220 e. The summed E-state index contributed by atoms with van der Waals surface area (Å²) in [6.07, 6.45) is 2.23. The minimum Gasteiger partial charge on any atom is -0.200 e. The second-order valence-corrected chi connectivity index (χ2v) is 17.1. The van der Waals surface area contributed by atoms with Gasteiger partial charge in [0.1, 0.15) is 7.05 Å². The fourth-order valence-corrected chi connectivity index (χ4v) is 9.03. The predicted molar refractivity (Wildman–Crippen MR) is 140 cm³/mol. The monoisotopic (exact) mass is 432 g/mol. The van der Waals surface area contributed by atoms with Crippen LogP contribution >= 0.6 is 0 Å². The van der Waals surface area contributed by atoms with Crippen molar-refractivity contribution in [2.45, 2.75) is 79.9 Å². The van der Waals surface area contributed by atoms with Crippen LogP contribution in [0.5, 0.6) is 0 Å². The molecule has 0 N–H and O–H groups in total. The van der Waals surface area contributed by atoms with Crippen molar-refractivity contribution >= 4 is 24.0 Å². The van der Waals surface area contributed by atoms with Crippen molar-refractivity contribution in [1.29, 1.82) is 0 Å². The minimum absolute atomic E-state index is 0.131. The van der Waals surface area contributed by atoms with Crippen LogP contribution in [0, 0.1) is 19.3 Å². The molecular weight excluding hydrogens is 390 g/mol. The molecule has 0 unspecified atom stereocenters. The van der Waals surface area contributed by atoms with Gasteiger partial charge in [0.05, 0.1) is 19.0 Å². The Labute approximate surface area is 191 Å². The Morgan fingerprint density at radius 1 is 0.871 bits per heavy atom. The van der Waals surface area contributed by atoms with Gasteiger partial charge in [0.2, 0.25) is 5.69 Å². The van der Waals surface area contributed by atoms with Gasteiger partial charge in [-0.2, -0.15) is 0 Å². The summed E-state index contributed by atoms with van der Waals surface area (Å²) < 4.78 is 2.30. The lowest BCUT2D eigenvalue weighted by molar-refractivity contribution is -0.659. The standard InChI is InChI=1S/C29H42NSi/c1-20-16-23(29(6,7)8)18-26(21(20)2)27-25-13-12-24(17-22(25)14-15-30(27)9)31(10,11)19-28(3,4)5/h12-18H,19H2,1-11H3/q+1. The van der Waals surface area contributed by atoms with Gasteiger partial charge in [-0.1, -0.05) is 78.0 Å². The molecule has 0 bridgehead atoms. The average Bonchev–Trinajstić information content (AvgIpc) is 2.61. The molecule has 0 aliphatic heterocycles. The molecule has 3 aromatic rings. The number of hydrogen-bond donors (Lipinski definition) is 0. The number of aryl methyl sites for hydroxylation is 2. The van der Waals surface area contributed by atoms with Crippen LogP contribution < -0.4 is 9.75 Å². The van der Waals surface area contributed by atoms with Crippen molar-refractivity contribution in [3.05, 3.63) is 59.3 Å². The first-order valence-corrected chi connectivity index (χ1v) is 14.9. The lowest BCUT2D eigenvalue weighted by atomic mass is 9.83. The summed E-state index contributed by atoms with van der Waals surface area (Å²) in [4.78, 5) is 0. The second kappa shape index (κ2) is 7.88. The maximum Gasteiger partial charge on any atom is 0.220 e. The summed E-state index contributed by atoms with van der Waals surface area (Å²) >= 11 is 0. The highest BCUT2D eigenvalue weighted by atomic mass is 28.3. The molecule has 2 aromatic carbocycles. The zero-order chi connectivity index (χ0) is 23.4. The molecule has 0 amide bonds. The molecule has 0 spiro atoms. The lowest BCUT2D eigenvalue weighted by Gasteiger charge is -2.31. The van der Waals surface area contributed by atoms with Crippen LogP contribution in [0.15, 0.2) is 42.6 Å². The van der Waals surface area contributed by atoms with E-state index in [1.807, 2.05) is 0 Å². The number of benzene rings is 2. The fraction of sp³-hybridized carbons (Fsp3) is 0.483. The van der Waals surface area contributed by atoms with E-state index in [1.165, 1.54) is 44.8 Å². The van der Waals surface area contributed by atoms with E-state index in [0.717, 1.165) is 0 Å². The van der Waals surface area contributed by atoms with Gasteiger partial charge in [-0.05, 0) is 64.9 Å². The normalized spacial score (nSPS) is 13.1. The van der Waals surface area contributed by atoms with Gasteiger partial charge in [-0.15, -0.1) is 0 Å². The molecule has 0 aliphatic rings. The average molecular weight is 433 g/mol. The summed E-state index contributed by atoms with van der Waals surface area (Å²) in [5.41, 5.74) is 7.32. The smallest absolute Gasteiger partial charge is 0.200 e. The molecule has 2 heteroatoms. The second-order valence-electron chi connectivity index (χ2n) is 12.4. The Bertz CT molecular complexity index is 1120. The summed E-state index contributed by atoms with van der Waals surface area (Å²) in [5, 5.41) is 4.27. The van der Waals surface area contributed by atoms with E-state index in [1.54, 1.807) is 5.19 Å². The molecule has 166 valence electrons. The molecule has 0 saturated carbocycles. The van der Waals surface area contributed by atoms with Gasteiger partial charge >= 0.3 is 0 Å². The van der Waals surface area contributed by atoms with Crippen LogP contribution in [0.4, 0.5) is 0 Å². The fourth-order valence-electron chi connectivity index (χ4n) is 5.10. The first kappa shape index (κ1) is 23.7. The number of pyridine rings is 1. The quantitative estimate of drug-likeness (QED) is 0.304. The number of nitrogens with zero attached hydrogens (tertiary/aromatic N) is 1. The Hall–Kier alpha value is -1.93. The van der Waals surface area contributed by atoms with Crippen LogP contribution in [0.2, 0.25) is 19.1 Å². The Kier molecular flexibility index (Phi) is 6.03. The van der Waals surface area contributed by atoms with E-state index >= 15 is 0 Å². The predicted octanol–water partition coefficient (Wildman–Crippen LogP) is 7.21. The van der Waals surface area contributed by atoms with Crippen LogP contribution in [0.1, 0.15) is 58.2 Å². The van der Waals surface area contributed by atoms with Gasteiger partial charge in [-0.25, -0.2) is 4.57 Å². The van der Waals surface area contributed by atoms with Gasteiger partial charge in [0, 0.05) is 6.07 Å². The van der Waals surface area contributed by atoms with Crippen molar-refractivity contribution in [2.75, 3.05) is 0 Å². The van der Waals surface area contributed by atoms with Crippen LogP contribution in [0.3, 0.4) is 0 Å². The molecule has 0 atom stereocenters. The van der Waals surface area contributed by atoms with Crippen molar-refractivity contribution in [2.24, 2.45) is 12.5 Å². The van der Waals surface area contributed by atoms with E-state index in [4.69, 9.17) is 0 Å². The van der Waals surface area contributed by atoms with Crippen molar-refractivity contribution in [1.82, 2.24) is 0 Å². The topological polar surface area (TPSA) is 3.88 Å². The zero-order valence-electron chi connectivity index (χ0n) is 21.7. The Balaban J connectivity index is 2.24. The third kappa shape index (κ3) is 4.95. The van der Waals surface area contributed by atoms with Gasteiger partial charge in [0.15, 0.2) is 6.20 Å². The maximum atomic E-state index is 2.52.